The summed E-state index contributed by atoms with van der Waals surface area (Å²) in [6, 6.07) is 15.5. The minimum atomic E-state index is -0.228. The average Bonchev–Trinajstić information content (AvgIpc) is 3.05. The molecule has 0 saturated carbocycles. The standard InChI is InChI=1S/C23H22N4O2S2/c1-2-13-27-22(29)18(31-23(27)30)15-17-20(24-12-11-16-8-4-3-5-9-16)25-19-10-6-7-14-26(19)21(17)28/h3-10,14-15,24H,2,11-13H2,1H3/b18-15+. The van der Waals surface area contributed by atoms with Crippen LogP contribution in [0.4, 0.5) is 5.82 Å². The van der Waals surface area contributed by atoms with Gasteiger partial charge < -0.3 is 5.32 Å². The molecular formula is C23H22N4O2S2. The van der Waals surface area contributed by atoms with Crippen LogP contribution in [0.3, 0.4) is 0 Å². The topological polar surface area (TPSA) is 66.7 Å². The van der Waals surface area contributed by atoms with Crippen molar-refractivity contribution in [2.24, 2.45) is 0 Å². The van der Waals surface area contributed by atoms with E-state index in [2.05, 4.69) is 22.4 Å². The van der Waals surface area contributed by atoms with E-state index in [0.717, 1.165) is 12.8 Å². The number of pyridine rings is 1. The number of carbonyl (C=O) groups is 1. The molecule has 0 atom stereocenters. The Kier molecular flexibility index (Phi) is 6.48. The number of thiocarbonyl (C=S) groups is 1. The van der Waals surface area contributed by atoms with Gasteiger partial charge in [0, 0.05) is 19.3 Å². The maximum absolute atomic E-state index is 13.2. The van der Waals surface area contributed by atoms with Crippen molar-refractivity contribution in [1.82, 2.24) is 14.3 Å². The fraction of sp³-hybridized carbons (Fsp3) is 0.217. The molecule has 8 heteroatoms. The number of rotatable bonds is 7. The van der Waals surface area contributed by atoms with Crippen LogP contribution in [-0.2, 0) is 11.2 Å². The first kappa shape index (κ1) is 21.3. The molecule has 2 aromatic heterocycles. The molecule has 4 rings (SSSR count). The number of benzene rings is 1. The first-order valence-corrected chi connectivity index (χ1v) is 11.4. The van der Waals surface area contributed by atoms with E-state index in [1.54, 1.807) is 29.3 Å². The van der Waals surface area contributed by atoms with Crippen LogP contribution in [0.15, 0.2) is 64.4 Å². The molecule has 0 aliphatic carbocycles. The van der Waals surface area contributed by atoms with Crippen molar-refractivity contribution in [3.8, 4) is 0 Å². The molecule has 1 saturated heterocycles. The molecule has 1 N–H and O–H groups in total. The van der Waals surface area contributed by atoms with Gasteiger partial charge in [-0.15, -0.1) is 0 Å². The minimum absolute atomic E-state index is 0.162. The Hall–Kier alpha value is -2.97. The van der Waals surface area contributed by atoms with Gasteiger partial charge >= 0.3 is 0 Å². The van der Waals surface area contributed by atoms with Crippen molar-refractivity contribution in [2.75, 3.05) is 18.4 Å². The molecule has 0 radical (unpaired) electrons. The fourth-order valence-electron chi connectivity index (χ4n) is 3.38. The number of fused-ring (bicyclic) bond motifs is 1. The Balaban J connectivity index is 1.70. The highest BCUT2D eigenvalue weighted by molar-refractivity contribution is 8.26. The fourth-order valence-corrected chi connectivity index (χ4v) is 4.68. The molecule has 0 spiro atoms. The van der Waals surface area contributed by atoms with Crippen LogP contribution in [0.2, 0.25) is 0 Å². The van der Waals surface area contributed by atoms with Gasteiger partial charge in [-0.3, -0.25) is 18.9 Å². The summed E-state index contributed by atoms with van der Waals surface area (Å²) >= 11 is 6.58. The number of hydrogen-bond donors (Lipinski definition) is 1. The van der Waals surface area contributed by atoms with Gasteiger partial charge in [0.15, 0.2) is 0 Å². The van der Waals surface area contributed by atoms with Crippen LogP contribution in [0.5, 0.6) is 0 Å². The highest BCUT2D eigenvalue weighted by atomic mass is 32.2. The zero-order chi connectivity index (χ0) is 21.8. The number of carbonyl (C=O) groups excluding carboxylic acids is 1. The predicted octanol–water partition coefficient (Wildman–Crippen LogP) is 3.96. The first-order valence-electron chi connectivity index (χ1n) is 10.1. The maximum Gasteiger partial charge on any atom is 0.267 e. The Morgan fingerprint density at radius 1 is 1.13 bits per heavy atom. The smallest absolute Gasteiger partial charge is 0.267 e. The molecule has 3 heterocycles. The Morgan fingerprint density at radius 3 is 2.68 bits per heavy atom. The van der Waals surface area contributed by atoms with Crippen LogP contribution in [-0.4, -0.2) is 37.6 Å². The summed E-state index contributed by atoms with van der Waals surface area (Å²) in [7, 11) is 0. The molecule has 3 aromatic rings. The highest BCUT2D eigenvalue weighted by Crippen LogP contribution is 2.33. The molecule has 6 nitrogen and oxygen atoms in total. The predicted molar refractivity (Wildman–Crippen MR) is 130 cm³/mol. The number of thioether (sulfide) groups is 1. The summed E-state index contributed by atoms with van der Waals surface area (Å²) in [4.78, 5) is 32.7. The minimum Gasteiger partial charge on any atom is -0.369 e. The summed E-state index contributed by atoms with van der Waals surface area (Å²) < 4.78 is 2.01. The van der Waals surface area contributed by atoms with Crippen LogP contribution in [0, 0.1) is 0 Å². The van der Waals surface area contributed by atoms with E-state index in [9.17, 15) is 9.59 Å². The third kappa shape index (κ3) is 4.55. The summed E-state index contributed by atoms with van der Waals surface area (Å²) in [6.45, 7) is 3.17. The molecule has 0 unspecified atom stereocenters. The van der Waals surface area contributed by atoms with Gasteiger partial charge in [-0.2, -0.15) is 0 Å². The van der Waals surface area contributed by atoms with Gasteiger partial charge in [-0.1, -0.05) is 67.3 Å². The lowest BCUT2D eigenvalue weighted by atomic mass is 10.1. The molecule has 1 amide bonds. The Labute approximate surface area is 190 Å². The number of nitrogens with one attached hydrogen (secondary N) is 1. The lowest BCUT2D eigenvalue weighted by molar-refractivity contribution is -0.122. The van der Waals surface area contributed by atoms with E-state index in [0.29, 0.717) is 39.3 Å². The largest absolute Gasteiger partial charge is 0.369 e. The second kappa shape index (κ2) is 9.45. The number of nitrogens with zero attached hydrogens (tertiary/aromatic N) is 3. The number of amides is 1. The summed E-state index contributed by atoms with van der Waals surface area (Å²) in [5.74, 6) is 0.303. The van der Waals surface area contributed by atoms with Gasteiger partial charge in [-0.25, -0.2) is 4.98 Å². The van der Waals surface area contributed by atoms with Crippen LogP contribution < -0.4 is 10.9 Å². The Morgan fingerprint density at radius 2 is 1.90 bits per heavy atom. The highest BCUT2D eigenvalue weighted by Gasteiger charge is 2.31. The van der Waals surface area contributed by atoms with E-state index in [-0.39, 0.29) is 11.5 Å². The van der Waals surface area contributed by atoms with E-state index >= 15 is 0 Å². The van der Waals surface area contributed by atoms with Crippen LogP contribution in [0.1, 0.15) is 24.5 Å². The zero-order valence-electron chi connectivity index (χ0n) is 17.1. The second-order valence-corrected chi connectivity index (χ2v) is 8.78. The quantitative estimate of drug-likeness (QED) is 0.434. The second-order valence-electron chi connectivity index (χ2n) is 7.10. The number of hydrogen-bond acceptors (Lipinski definition) is 6. The van der Waals surface area contributed by atoms with E-state index < -0.39 is 0 Å². The third-order valence-corrected chi connectivity index (χ3v) is 6.29. The van der Waals surface area contributed by atoms with Crippen molar-refractivity contribution in [3.05, 3.63) is 81.1 Å². The maximum atomic E-state index is 13.2. The molecule has 1 aliphatic heterocycles. The molecule has 0 bridgehead atoms. The lowest BCUT2D eigenvalue weighted by Gasteiger charge is -2.12. The molecule has 1 fully saturated rings. The molecule has 31 heavy (non-hydrogen) atoms. The summed E-state index contributed by atoms with van der Waals surface area (Å²) in [5, 5.41) is 3.30. The molecule has 158 valence electrons. The van der Waals surface area contributed by atoms with Crippen molar-refractivity contribution in [3.63, 3.8) is 0 Å². The van der Waals surface area contributed by atoms with Crippen molar-refractivity contribution in [2.45, 2.75) is 19.8 Å². The van der Waals surface area contributed by atoms with Gasteiger partial charge in [-0.05, 0) is 36.6 Å². The third-order valence-electron chi connectivity index (χ3n) is 4.91. The zero-order valence-corrected chi connectivity index (χ0v) is 18.7. The van der Waals surface area contributed by atoms with Gasteiger partial charge in [0.25, 0.3) is 11.5 Å². The molecule has 1 aliphatic rings. The SMILES string of the molecule is CCCN1C(=O)/C(=C\c2c(NCCc3ccccc3)nc3ccccn3c2=O)SC1=S. The van der Waals surface area contributed by atoms with Crippen molar-refractivity contribution >= 4 is 51.7 Å². The molecular weight excluding hydrogens is 428 g/mol. The number of anilines is 1. The van der Waals surface area contributed by atoms with Gasteiger partial charge in [0.05, 0.1) is 10.5 Å². The van der Waals surface area contributed by atoms with Crippen molar-refractivity contribution < 1.29 is 4.79 Å². The Bertz CT molecular complexity index is 1220. The number of aromatic nitrogens is 2. The summed E-state index contributed by atoms with van der Waals surface area (Å²) in [6.07, 6.45) is 4.90. The first-order chi connectivity index (χ1) is 15.1. The molecule has 1 aromatic carbocycles. The van der Waals surface area contributed by atoms with E-state index in [1.807, 2.05) is 31.2 Å². The van der Waals surface area contributed by atoms with Crippen LogP contribution >= 0.6 is 24.0 Å². The van der Waals surface area contributed by atoms with Crippen molar-refractivity contribution in [1.29, 1.82) is 0 Å². The normalized spacial score (nSPS) is 15.3. The van der Waals surface area contributed by atoms with Gasteiger partial charge in [0.1, 0.15) is 15.8 Å². The van der Waals surface area contributed by atoms with E-state index in [1.165, 1.54) is 21.7 Å². The summed E-state index contributed by atoms with van der Waals surface area (Å²) in [5.41, 5.74) is 1.86. The van der Waals surface area contributed by atoms with E-state index in [4.69, 9.17) is 12.2 Å². The van der Waals surface area contributed by atoms with Crippen LogP contribution in [0.25, 0.3) is 11.7 Å². The van der Waals surface area contributed by atoms with Gasteiger partial charge in [0.2, 0.25) is 0 Å². The average molecular weight is 451 g/mol. The monoisotopic (exact) mass is 450 g/mol. The lowest BCUT2D eigenvalue weighted by Crippen LogP contribution is -2.28.